The summed E-state index contributed by atoms with van der Waals surface area (Å²) in [5, 5.41) is 4.06. The Morgan fingerprint density at radius 1 is 1.15 bits per heavy atom. The van der Waals surface area contributed by atoms with Gasteiger partial charge in [-0.1, -0.05) is 29.4 Å². The van der Waals surface area contributed by atoms with E-state index in [-0.39, 0.29) is 5.82 Å². The van der Waals surface area contributed by atoms with E-state index in [9.17, 15) is 4.39 Å². The van der Waals surface area contributed by atoms with Gasteiger partial charge >= 0.3 is 0 Å². The zero-order valence-corrected chi connectivity index (χ0v) is 19.8. The van der Waals surface area contributed by atoms with Gasteiger partial charge in [-0.05, 0) is 42.8 Å². The van der Waals surface area contributed by atoms with Crippen molar-refractivity contribution in [3.8, 4) is 24.3 Å². The molecule has 34 heavy (non-hydrogen) atoms. The van der Waals surface area contributed by atoms with E-state index in [1.807, 2.05) is 53.9 Å². The number of nitrogens with zero attached hydrogens (tertiary/aromatic N) is 4. The van der Waals surface area contributed by atoms with E-state index in [2.05, 4.69) is 23.0 Å². The summed E-state index contributed by atoms with van der Waals surface area (Å²) in [6.07, 6.45) is 13.7. The normalized spacial score (nSPS) is 14.9. The Balaban J connectivity index is 0.000000384. The second-order valence-corrected chi connectivity index (χ2v) is 7.03. The molecule has 0 spiro atoms. The molecule has 0 aliphatic carbocycles. The van der Waals surface area contributed by atoms with Crippen LogP contribution >= 0.6 is 0 Å². The molecule has 8 heteroatoms. The molecule has 0 radical (unpaired) electrons. The monoisotopic (exact) mass is 464 g/mol. The van der Waals surface area contributed by atoms with Crippen molar-refractivity contribution in [2.24, 2.45) is 5.16 Å². The van der Waals surface area contributed by atoms with E-state index >= 15 is 0 Å². The number of imidazole rings is 1. The first-order valence-electron chi connectivity index (χ1n) is 10.4. The molecule has 7 nitrogen and oxygen atoms in total. The van der Waals surface area contributed by atoms with Crippen LogP contribution in [-0.2, 0) is 9.57 Å². The molecule has 2 heterocycles. The standard InChI is InChI=1S/C18H22N4O3.C6H5F.C2H2/c1-13-11-22(12-19-13)15-6-5-14(9-16(15)23-3)10-17-18(20-24-4)21(2)7-8-25-17;7-6-4-2-1-3-5-6;1-2/h5-6,9-12H,7-8H2,1-4H3;1-5H;1-2H/b17-10-,20-18-;;. The van der Waals surface area contributed by atoms with Crippen LogP contribution in [0.15, 0.2) is 72.0 Å². The van der Waals surface area contributed by atoms with Crippen molar-refractivity contribution in [1.29, 1.82) is 0 Å². The molecule has 3 aromatic rings. The van der Waals surface area contributed by atoms with Gasteiger partial charge in [0.15, 0.2) is 5.76 Å². The molecule has 0 saturated carbocycles. The van der Waals surface area contributed by atoms with Gasteiger partial charge in [0, 0.05) is 13.2 Å². The van der Waals surface area contributed by atoms with Crippen LogP contribution in [-0.4, -0.2) is 54.7 Å². The fourth-order valence-corrected chi connectivity index (χ4v) is 3.07. The summed E-state index contributed by atoms with van der Waals surface area (Å²) in [5.41, 5.74) is 2.83. The maximum Gasteiger partial charge on any atom is 0.210 e. The fraction of sp³-hybridized carbons (Fsp3) is 0.231. The molecule has 1 fully saturated rings. The largest absolute Gasteiger partial charge is 0.495 e. The first-order chi connectivity index (χ1) is 16.5. The Kier molecular flexibility index (Phi) is 10.2. The summed E-state index contributed by atoms with van der Waals surface area (Å²) in [6, 6.07) is 13.9. The number of methoxy groups -OCH3 is 1. The summed E-state index contributed by atoms with van der Waals surface area (Å²) in [7, 11) is 5.14. The third kappa shape index (κ3) is 7.14. The number of aryl methyl sites for hydroxylation is 1. The van der Waals surface area contributed by atoms with Crippen LogP contribution in [0, 0.1) is 25.6 Å². The van der Waals surface area contributed by atoms with E-state index in [0.717, 1.165) is 29.2 Å². The first-order valence-corrected chi connectivity index (χ1v) is 10.4. The number of hydrogen-bond acceptors (Lipinski definition) is 5. The number of terminal acetylenes is 1. The van der Waals surface area contributed by atoms with Crippen LogP contribution < -0.4 is 4.74 Å². The van der Waals surface area contributed by atoms with E-state index in [1.165, 1.54) is 19.2 Å². The van der Waals surface area contributed by atoms with Crippen LogP contribution in [0.2, 0.25) is 0 Å². The molecule has 4 rings (SSSR count). The van der Waals surface area contributed by atoms with Crippen molar-refractivity contribution in [3.63, 3.8) is 0 Å². The van der Waals surface area contributed by atoms with Gasteiger partial charge in [-0.2, -0.15) is 0 Å². The second kappa shape index (κ2) is 13.3. The molecule has 1 saturated heterocycles. The summed E-state index contributed by atoms with van der Waals surface area (Å²) < 4.78 is 25.2. The number of morpholine rings is 1. The summed E-state index contributed by atoms with van der Waals surface area (Å²) in [5.74, 6) is 1.91. The molecular formula is C26H29FN4O3. The Morgan fingerprint density at radius 2 is 1.88 bits per heavy atom. The highest BCUT2D eigenvalue weighted by Crippen LogP contribution is 2.26. The van der Waals surface area contributed by atoms with Gasteiger partial charge in [-0.3, -0.25) is 0 Å². The fourth-order valence-electron chi connectivity index (χ4n) is 3.07. The van der Waals surface area contributed by atoms with Gasteiger partial charge in [0.05, 0.1) is 31.4 Å². The predicted molar refractivity (Wildman–Crippen MR) is 132 cm³/mol. The van der Waals surface area contributed by atoms with Gasteiger partial charge in [0.2, 0.25) is 5.84 Å². The van der Waals surface area contributed by atoms with Crippen molar-refractivity contribution in [2.45, 2.75) is 6.92 Å². The maximum atomic E-state index is 11.9. The minimum Gasteiger partial charge on any atom is -0.495 e. The van der Waals surface area contributed by atoms with Gasteiger partial charge in [0.1, 0.15) is 25.3 Å². The van der Waals surface area contributed by atoms with Gasteiger partial charge in [-0.15, -0.1) is 12.8 Å². The number of halogens is 1. The number of amidine groups is 1. The van der Waals surface area contributed by atoms with Crippen LogP contribution in [0.3, 0.4) is 0 Å². The molecule has 0 N–H and O–H groups in total. The smallest absolute Gasteiger partial charge is 0.210 e. The Bertz CT molecular complexity index is 1120. The molecule has 0 unspecified atom stereocenters. The number of aromatic nitrogens is 2. The van der Waals surface area contributed by atoms with Crippen LogP contribution in [0.5, 0.6) is 5.75 Å². The number of benzene rings is 2. The van der Waals surface area contributed by atoms with E-state index < -0.39 is 0 Å². The van der Waals surface area contributed by atoms with E-state index in [1.54, 1.807) is 31.6 Å². The van der Waals surface area contributed by atoms with Crippen molar-refractivity contribution < 1.29 is 18.7 Å². The van der Waals surface area contributed by atoms with Gasteiger partial charge in [-0.25, -0.2) is 9.37 Å². The summed E-state index contributed by atoms with van der Waals surface area (Å²) >= 11 is 0. The summed E-state index contributed by atoms with van der Waals surface area (Å²) in [6.45, 7) is 3.33. The minimum atomic E-state index is -0.178. The zero-order valence-electron chi connectivity index (χ0n) is 19.8. The maximum absolute atomic E-state index is 11.9. The lowest BCUT2D eigenvalue weighted by Crippen LogP contribution is -2.37. The molecule has 2 aromatic carbocycles. The van der Waals surface area contributed by atoms with Crippen molar-refractivity contribution >= 4 is 11.9 Å². The van der Waals surface area contributed by atoms with Crippen molar-refractivity contribution in [3.05, 3.63) is 83.9 Å². The third-order valence-corrected chi connectivity index (χ3v) is 4.67. The van der Waals surface area contributed by atoms with Crippen molar-refractivity contribution in [2.75, 3.05) is 34.4 Å². The molecule has 1 aliphatic rings. The second-order valence-electron chi connectivity index (χ2n) is 7.03. The lowest BCUT2D eigenvalue weighted by molar-refractivity contribution is 0.161. The SMILES string of the molecule is C#C.CO/N=C1/C(=C/c2ccc(-n3cnc(C)c3)c(OC)c2)OCCN1C.Fc1ccccc1. The van der Waals surface area contributed by atoms with Crippen LogP contribution in [0.4, 0.5) is 4.39 Å². The number of oxime groups is 1. The molecule has 178 valence electrons. The minimum absolute atomic E-state index is 0.178. The molecule has 0 bridgehead atoms. The van der Waals surface area contributed by atoms with Crippen molar-refractivity contribution in [1.82, 2.24) is 14.5 Å². The zero-order chi connectivity index (χ0) is 24.9. The quantitative estimate of drug-likeness (QED) is 0.420. The van der Waals surface area contributed by atoms with Crippen LogP contribution in [0.1, 0.15) is 11.3 Å². The highest BCUT2D eigenvalue weighted by molar-refractivity contribution is 6.00. The molecular weight excluding hydrogens is 435 g/mol. The average molecular weight is 465 g/mol. The van der Waals surface area contributed by atoms with Gasteiger partial charge < -0.3 is 23.8 Å². The predicted octanol–water partition coefficient (Wildman–Crippen LogP) is 4.53. The number of rotatable bonds is 4. The summed E-state index contributed by atoms with van der Waals surface area (Å²) in [4.78, 5) is 11.2. The van der Waals surface area contributed by atoms with Gasteiger partial charge in [0.25, 0.3) is 0 Å². The molecule has 0 atom stereocenters. The van der Waals surface area contributed by atoms with E-state index in [4.69, 9.17) is 14.3 Å². The third-order valence-electron chi connectivity index (χ3n) is 4.67. The highest BCUT2D eigenvalue weighted by atomic mass is 19.1. The Labute approximate surface area is 200 Å². The van der Waals surface area contributed by atoms with E-state index in [0.29, 0.717) is 18.2 Å². The molecule has 0 amide bonds. The topological polar surface area (TPSA) is 61.1 Å². The lowest BCUT2D eigenvalue weighted by atomic mass is 10.1. The number of hydrogen-bond donors (Lipinski definition) is 0. The molecule has 1 aromatic heterocycles. The molecule has 1 aliphatic heterocycles. The lowest BCUT2D eigenvalue weighted by Gasteiger charge is -2.27. The Morgan fingerprint density at radius 3 is 2.44 bits per heavy atom. The van der Waals surface area contributed by atoms with Crippen LogP contribution in [0.25, 0.3) is 11.8 Å². The highest BCUT2D eigenvalue weighted by Gasteiger charge is 2.20. The first kappa shape index (κ1) is 26.0. The number of ether oxygens (including phenoxy) is 2. The average Bonchev–Trinajstić information content (AvgIpc) is 3.29. The number of likely N-dealkylation sites (N-methyl/N-ethyl adjacent to an activating group) is 1. The Hall–Kier alpha value is -4.25.